The number of aromatic amines is 1. The first kappa shape index (κ1) is 15.4. The van der Waals surface area contributed by atoms with Gasteiger partial charge >= 0.3 is 5.97 Å². The molecule has 3 rings (SSSR count). The van der Waals surface area contributed by atoms with Gasteiger partial charge in [-0.3, -0.25) is 0 Å². The molecular weight excluding hydrogens is 294 g/mol. The molecular formula is C18H19NO4. The summed E-state index contributed by atoms with van der Waals surface area (Å²) in [4.78, 5) is 13.7. The van der Waals surface area contributed by atoms with Crippen molar-refractivity contribution in [3.63, 3.8) is 0 Å². The third-order valence-electron chi connectivity index (χ3n) is 3.65. The fourth-order valence-electron chi connectivity index (χ4n) is 2.58. The van der Waals surface area contributed by atoms with Gasteiger partial charge in [-0.25, -0.2) is 4.79 Å². The normalized spacial score (nSPS) is 11.1. The minimum Gasteiger partial charge on any atom is -0.494 e. The van der Waals surface area contributed by atoms with Crippen LogP contribution in [0.25, 0.3) is 21.8 Å². The minimum atomic E-state index is -0.937. The van der Waals surface area contributed by atoms with Crippen molar-refractivity contribution in [1.29, 1.82) is 0 Å². The van der Waals surface area contributed by atoms with E-state index in [0.717, 1.165) is 29.6 Å². The molecule has 0 fully saturated rings. The molecule has 0 atom stereocenters. The maximum Gasteiger partial charge on any atom is 0.329 e. The van der Waals surface area contributed by atoms with E-state index in [1.807, 2.05) is 24.3 Å². The third kappa shape index (κ3) is 3.81. The summed E-state index contributed by atoms with van der Waals surface area (Å²) in [6, 6.07) is 14.3. The Hall–Kier alpha value is -2.53. The Morgan fingerprint density at radius 2 is 1.78 bits per heavy atom. The second-order valence-corrected chi connectivity index (χ2v) is 5.38. The lowest BCUT2D eigenvalue weighted by molar-refractivity contribution is -0.142. The van der Waals surface area contributed by atoms with Crippen LogP contribution in [-0.2, 0) is 9.53 Å². The fraction of sp³-hybridized carbons (Fsp3) is 0.278. The minimum absolute atomic E-state index is 0.238. The van der Waals surface area contributed by atoms with Gasteiger partial charge in [0.1, 0.15) is 12.4 Å². The topological polar surface area (TPSA) is 71.6 Å². The van der Waals surface area contributed by atoms with Crippen LogP contribution in [0, 0.1) is 0 Å². The zero-order valence-corrected chi connectivity index (χ0v) is 12.7. The van der Waals surface area contributed by atoms with Crippen LogP contribution in [-0.4, -0.2) is 35.9 Å². The molecule has 23 heavy (non-hydrogen) atoms. The molecule has 0 aliphatic heterocycles. The molecule has 0 amide bonds. The van der Waals surface area contributed by atoms with Crippen molar-refractivity contribution in [3.05, 3.63) is 42.5 Å². The summed E-state index contributed by atoms with van der Waals surface area (Å²) >= 11 is 0. The second-order valence-electron chi connectivity index (χ2n) is 5.38. The van der Waals surface area contributed by atoms with E-state index >= 15 is 0 Å². The van der Waals surface area contributed by atoms with Gasteiger partial charge in [0.15, 0.2) is 0 Å². The highest BCUT2D eigenvalue weighted by atomic mass is 16.5. The van der Waals surface area contributed by atoms with Crippen LogP contribution in [0.5, 0.6) is 5.75 Å². The first-order valence-electron chi connectivity index (χ1n) is 7.67. The summed E-state index contributed by atoms with van der Waals surface area (Å²) in [7, 11) is 0. The van der Waals surface area contributed by atoms with E-state index < -0.39 is 5.97 Å². The van der Waals surface area contributed by atoms with Crippen molar-refractivity contribution in [2.24, 2.45) is 0 Å². The molecule has 0 saturated carbocycles. The summed E-state index contributed by atoms with van der Waals surface area (Å²) in [6.45, 7) is 0.788. The Morgan fingerprint density at radius 3 is 2.65 bits per heavy atom. The van der Waals surface area contributed by atoms with Gasteiger partial charge in [-0.2, -0.15) is 0 Å². The lowest BCUT2D eigenvalue weighted by atomic mass is 10.1. The van der Waals surface area contributed by atoms with Crippen LogP contribution in [0.2, 0.25) is 0 Å². The number of aromatic nitrogens is 1. The largest absolute Gasteiger partial charge is 0.494 e. The van der Waals surface area contributed by atoms with Gasteiger partial charge in [0.25, 0.3) is 0 Å². The first-order chi connectivity index (χ1) is 11.2. The molecule has 1 aromatic heterocycles. The molecule has 0 aliphatic rings. The standard InChI is InChI=1S/C18H19NO4/c20-18(21)12-22-9-3-4-10-23-13-7-8-15-14-5-1-2-6-16(14)19-17(15)11-13/h1-2,5-8,11,19H,3-4,9-10,12H2,(H,20,21). The third-order valence-corrected chi connectivity index (χ3v) is 3.65. The van der Waals surface area contributed by atoms with E-state index in [1.54, 1.807) is 0 Å². The zero-order chi connectivity index (χ0) is 16.1. The average Bonchev–Trinajstić information content (AvgIpc) is 2.91. The van der Waals surface area contributed by atoms with Crippen molar-refractivity contribution in [2.45, 2.75) is 12.8 Å². The summed E-state index contributed by atoms with van der Waals surface area (Å²) in [5.74, 6) is -0.108. The number of unbranched alkanes of at least 4 members (excludes halogenated alkanes) is 1. The highest BCUT2D eigenvalue weighted by Gasteiger charge is 2.04. The summed E-state index contributed by atoms with van der Waals surface area (Å²) in [5, 5.41) is 10.9. The molecule has 2 aromatic carbocycles. The van der Waals surface area contributed by atoms with E-state index in [9.17, 15) is 4.79 Å². The van der Waals surface area contributed by atoms with Gasteiger partial charge in [-0.1, -0.05) is 18.2 Å². The number of nitrogens with one attached hydrogen (secondary N) is 1. The first-order valence-corrected chi connectivity index (χ1v) is 7.67. The van der Waals surface area contributed by atoms with E-state index in [-0.39, 0.29) is 6.61 Å². The molecule has 0 saturated heterocycles. The van der Waals surface area contributed by atoms with Crippen molar-refractivity contribution >= 4 is 27.8 Å². The number of hydrogen-bond acceptors (Lipinski definition) is 3. The number of ether oxygens (including phenoxy) is 2. The molecule has 0 unspecified atom stereocenters. The summed E-state index contributed by atoms with van der Waals surface area (Å²) in [5.41, 5.74) is 2.18. The SMILES string of the molecule is O=C(O)COCCCCOc1ccc2c(c1)[nH]c1ccccc12. The van der Waals surface area contributed by atoms with Gasteiger partial charge < -0.3 is 19.6 Å². The van der Waals surface area contributed by atoms with Crippen molar-refractivity contribution in [1.82, 2.24) is 4.98 Å². The maximum absolute atomic E-state index is 10.3. The highest BCUT2D eigenvalue weighted by Crippen LogP contribution is 2.28. The van der Waals surface area contributed by atoms with Gasteiger partial charge in [-0.15, -0.1) is 0 Å². The molecule has 2 N–H and O–H groups in total. The molecule has 5 heteroatoms. The maximum atomic E-state index is 10.3. The second kappa shape index (κ2) is 7.15. The lowest BCUT2D eigenvalue weighted by Crippen LogP contribution is -2.08. The van der Waals surface area contributed by atoms with Crippen molar-refractivity contribution < 1.29 is 19.4 Å². The molecule has 1 heterocycles. The molecule has 3 aromatic rings. The van der Waals surface area contributed by atoms with Crippen LogP contribution in [0.4, 0.5) is 0 Å². The Bertz CT molecular complexity index is 809. The number of fused-ring (bicyclic) bond motifs is 3. The van der Waals surface area contributed by atoms with E-state index in [0.29, 0.717) is 13.2 Å². The van der Waals surface area contributed by atoms with Crippen molar-refractivity contribution in [2.75, 3.05) is 19.8 Å². The molecule has 0 radical (unpaired) electrons. The summed E-state index contributed by atoms with van der Waals surface area (Å²) in [6.07, 6.45) is 1.60. The zero-order valence-electron chi connectivity index (χ0n) is 12.7. The highest BCUT2D eigenvalue weighted by molar-refractivity contribution is 6.07. The quantitative estimate of drug-likeness (QED) is 0.624. The lowest BCUT2D eigenvalue weighted by Gasteiger charge is -2.06. The van der Waals surface area contributed by atoms with Crippen LogP contribution < -0.4 is 4.74 Å². The van der Waals surface area contributed by atoms with E-state index in [1.165, 1.54) is 10.8 Å². The number of benzene rings is 2. The Kier molecular flexibility index (Phi) is 4.78. The van der Waals surface area contributed by atoms with Gasteiger partial charge in [0, 0.05) is 29.0 Å². The number of carboxylic acid groups (broad SMARTS) is 1. The molecule has 5 nitrogen and oxygen atoms in total. The van der Waals surface area contributed by atoms with E-state index in [2.05, 4.69) is 23.2 Å². The number of aliphatic carboxylic acids is 1. The number of hydrogen-bond donors (Lipinski definition) is 2. The van der Waals surface area contributed by atoms with E-state index in [4.69, 9.17) is 14.6 Å². The number of para-hydroxylation sites is 1. The molecule has 0 bridgehead atoms. The van der Waals surface area contributed by atoms with Crippen LogP contribution in [0.1, 0.15) is 12.8 Å². The Morgan fingerprint density at radius 1 is 1.00 bits per heavy atom. The number of rotatable bonds is 8. The molecule has 0 spiro atoms. The average molecular weight is 313 g/mol. The van der Waals surface area contributed by atoms with Gasteiger partial charge in [-0.05, 0) is 31.0 Å². The predicted octanol–water partition coefficient (Wildman–Crippen LogP) is 3.58. The number of H-pyrrole nitrogens is 1. The van der Waals surface area contributed by atoms with Crippen LogP contribution >= 0.6 is 0 Å². The monoisotopic (exact) mass is 313 g/mol. The fourth-order valence-corrected chi connectivity index (χ4v) is 2.58. The van der Waals surface area contributed by atoms with Gasteiger partial charge in [0.2, 0.25) is 0 Å². The van der Waals surface area contributed by atoms with Gasteiger partial charge in [0.05, 0.1) is 12.1 Å². The van der Waals surface area contributed by atoms with Crippen LogP contribution in [0.15, 0.2) is 42.5 Å². The Labute approximate surface area is 133 Å². The number of carbonyl (C=O) groups is 1. The summed E-state index contributed by atoms with van der Waals surface area (Å²) < 4.78 is 10.7. The molecule has 120 valence electrons. The predicted molar refractivity (Wildman–Crippen MR) is 89.0 cm³/mol. The number of carboxylic acids is 1. The Balaban J connectivity index is 1.53. The van der Waals surface area contributed by atoms with Crippen LogP contribution in [0.3, 0.4) is 0 Å². The molecule has 0 aliphatic carbocycles. The smallest absolute Gasteiger partial charge is 0.329 e. The van der Waals surface area contributed by atoms with Crippen molar-refractivity contribution in [3.8, 4) is 5.75 Å².